The lowest BCUT2D eigenvalue weighted by molar-refractivity contribution is -0.137. The van der Waals surface area contributed by atoms with Gasteiger partial charge in [0.05, 0.1) is 18.2 Å². The van der Waals surface area contributed by atoms with Gasteiger partial charge in [-0.05, 0) is 53.9 Å². The number of carbonyl (C=O) groups excluding carboxylic acids is 2. The SMILES string of the molecule is NC(=O)c1ccc2c(c1)CCN(C(=O)c1ccc(C(F)(F)F)cc1)C[C@@H]2O. The molecule has 0 bridgehead atoms. The van der Waals surface area contributed by atoms with Crippen LogP contribution in [0.25, 0.3) is 0 Å². The highest BCUT2D eigenvalue weighted by Crippen LogP contribution is 2.30. The van der Waals surface area contributed by atoms with E-state index in [1.165, 1.54) is 11.0 Å². The van der Waals surface area contributed by atoms with Gasteiger partial charge >= 0.3 is 6.18 Å². The van der Waals surface area contributed by atoms with Crippen molar-refractivity contribution in [2.24, 2.45) is 5.73 Å². The number of rotatable bonds is 2. The fourth-order valence-corrected chi connectivity index (χ4v) is 3.12. The van der Waals surface area contributed by atoms with Gasteiger partial charge in [-0.25, -0.2) is 0 Å². The van der Waals surface area contributed by atoms with Crippen LogP contribution in [0.15, 0.2) is 42.5 Å². The number of halogens is 3. The summed E-state index contributed by atoms with van der Waals surface area (Å²) in [6.45, 7) is 0.259. The normalized spacial score (nSPS) is 17.2. The van der Waals surface area contributed by atoms with Crippen LogP contribution in [0.1, 0.15) is 43.5 Å². The molecule has 0 aromatic heterocycles. The zero-order chi connectivity index (χ0) is 19.8. The Kier molecular flexibility index (Phi) is 4.93. The molecule has 0 saturated carbocycles. The van der Waals surface area contributed by atoms with E-state index in [1.807, 2.05) is 0 Å². The Balaban J connectivity index is 1.81. The molecule has 1 atom stereocenters. The minimum Gasteiger partial charge on any atom is -0.387 e. The number of aliphatic hydroxyl groups is 1. The van der Waals surface area contributed by atoms with Gasteiger partial charge in [-0.3, -0.25) is 9.59 Å². The zero-order valence-corrected chi connectivity index (χ0v) is 14.2. The maximum Gasteiger partial charge on any atom is 0.416 e. The van der Waals surface area contributed by atoms with Crippen molar-refractivity contribution in [3.05, 3.63) is 70.3 Å². The summed E-state index contributed by atoms with van der Waals surface area (Å²) in [5.41, 5.74) is 6.17. The summed E-state index contributed by atoms with van der Waals surface area (Å²) in [6.07, 6.45) is -5.05. The number of fused-ring (bicyclic) bond motifs is 1. The molecule has 27 heavy (non-hydrogen) atoms. The zero-order valence-electron chi connectivity index (χ0n) is 14.2. The molecule has 1 heterocycles. The number of hydrogen-bond acceptors (Lipinski definition) is 3. The van der Waals surface area contributed by atoms with Gasteiger partial charge in [-0.15, -0.1) is 0 Å². The highest BCUT2D eigenvalue weighted by Gasteiger charge is 2.31. The summed E-state index contributed by atoms with van der Waals surface area (Å²) >= 11 is 0. The highest BCUT2D eigenvalue weighted by molar-refractivity contribution is 5.94. The number of hydrogen-bond donors (Lipinski definition) is 2. The van der Waals surface area contributed by atoms with Gasteiger partial charge in [0.25, 0.3) is 5.91 Å². The molecule has 0 spiro atoms. The van der Waals surface area contributed by atoms with E-state index in [-0.39, 0.29) is 18.7 Å². The van der Waals surface area contributed by atoms with Gasteiger partial charge < -0.3 is 15.7 Å². The third-order valence-corrected chi connectivity index (χ3v) is 4.58. The van der Waals surface area contributed by atoms with E-state index in [4.69, 9.17) is 5.73 Å². The lowest BCUT2D eigenvalue weighted by Crippen LogP contribution is -2.34. The predicted octanol–water partition coefficient (Wildman–Crippen LogP) is 2.54. The molecule has 5 nitrogen and oxygen atoms in total. The van der Waals surface area contributed by atoms with Gasteiger partial charge in [-0.1, -0.05) is 6.07 Å². The number of aliphatic hydroxyl groups excluding tert-OH is 1. The minimum absolute atomic E-state index is 0.00275. The second kappa shape index (κ2) is 7.03. The van der Waals surface area contributed by atoms with Crippen molar-refractivity contribution < 1.29 is 27.9 Å². The molecular weight excluding hydrogens is 361 g/mol. The molecule has 0 radical (unpaired) electrons. The molecular formula is C19H17F3N2O3. The first kappa shape index (κ1) is 18.9. The van der Waals surface area contributed by atoms with Gasteiger partial charge in [0.1, 0.15) is 0 Å². The standard InChI is InChI=1S/C19H17F3N2O3/c20-19(21,22)14-4-1-11(2-5-14)18(27)24-8-7-12-9-13(17(23)26)3-6-15(12)16(25)10-24/h1-6,9,16,25H,7-8,10H2,(H2,23,26)/t16-/m0/s1. The fraction of sp³-hybridized carbons (Fsp3) is 0.263. The molecule has 0 aliphatic carbocycles. The first-order valence-corrected chi connectivity index (χ1v) is 8.24. The molecule has 0 fully saturated rings. The van der Waals surface area contributed by atoms with E-state index in [2.05, 4.69) is 0 Å². The topological polar surface area (TPSA) is 83.6 Å². The monoisotopic (exact) mass is 378 g/mol. The number of amides is 2. The maximum atomic E-state index is 12.7. The molecule has 3 N–H and O–H groups in total. The molecule has 1 aliphatic heterocycles. The van der Waals surface area contributed by atoms with Gasteiger partial charge in [0.2, 0.25) is 5.91 Å². The molecule has 0 saturated heterocycles. The van der Waals surface area contributed by atoms with E-state index in [9.17, 15) is 27.9 Å². The van der Waals surface area contributed by atoms with E-state index >= 15 is 0 Å². The summed E-state index contributed by atoms with van der Waals surface area (Å²) in [5, 5.41) is 10.4. The number of alkyl halides is 3. The van der Waals surface area contributed by atoms with E-state index in [0.717, 1.165) is 24.3 Å². The highest BCUT2D eigenvalue weighted by atomic mass is 19.4. The average molecular weight is 378 g/mol. The van der Waals surface area contributed by atoms with Crippen LogP contribution >= 0.6 is 0 Å². The molecule has 2 aromatic carbocycles. The first-order valence-electron chi connectivity index (χ1n) is 8.24. The molecule has 3 rings (SSSR count). The van der Waals surface area contributed by atoms with Gasteiger partial charge in [-0.2, -0.15) is 13.2 Å². The summed E-state index contributed by atoms with van der Waals surface area (Å²) < 4.78 is 38.0. The number of nitrogens with two attached hydrogens (primary N) is 1. The van der Waals surface area contributed by atoms with Crippen molar-refractivity contribution in [3.63, 3.8) is 0 Å². The average Bonchev–Trinajstić information content (AvgIpc) is 2.79. The number of benzene rings is 2. The van der Waals surface area contributed by atoms with Crippen LogP contribution in [0.3, 0.4) is 0 Å². The predicted molar refractivity (Wildman–Crippen MR) is 91.0 cm³/mol. The van der Waals surface area contributed by atoms with Crippen molar-refractivity contribution in [1.82, 2.24) is 4.90 Å². The molecule has 0 unspecified atom stereocenters. The van der Waals surface area contributed by atoms with Crippen molar-refractivity contribution in [2.45, 2.75) is 18.7 Å². The largest absolute Gasteiger partial charge is 0.416 e. The quantitative estimate of drug-likeness (QED) is 0.842. The Bertz CT molecular complexity index is 879. The number of primary amides is 1. The third kappa shape index (κ3) is 3.95. The third-order valence-electron chi connectivity index (χ3n) is 4.58. The van der Waals surface area contributed by atoms with Crippen LogP contribution in [-0.4, -0.2) is 34.9 Å². The van der Waals surface area contributed by atoms with E-state index < -0.39 is 29.7 Å². The summed E-state index contributed by atoms with van der Waals surface area (Å²) in [4.78, 5) is 25.4. The lowest BCUT2D eigenvalue weighted by atomic mass is 9.98. The Morgan fingerprint density at radius 2 is 1.70 bits per heavy atom. The van der Waals surface area contributed by atoms with Crippen molar-refractivity contribution in [1.29, 1.82) is 0 Å². The second-order valence-electron chi connectivity index (χ2n) is 6.37. The molecule has 1 aliphatic rings. The fourth-order valence-electron chi connectivity index (χ4n) is 3.12. The second-order valence-corrected chi connectivity index (χ2v) is 6.37. The van der Waals surface area contributed by atoms with Crippen LogP contribution in [0, 0.1) is 0 Å². The number of carbonyl (C=O) groups is 2. The van der Waals surface area contributed by atoms with E-state index in [1.54, 1.807) is 12.1 Å². The Morgan fingerprint density at radius 1 is 1.07 bits per heavy atom. The van der Waals surface area contributed by atoms with Gasteiger partial charge in [0, 0.05) is 17.7 Å². The number of nitrogens with zero attached hydrogens (tertiary/aromatic N) is 1. The molecule has 2 amide bonds. The lowest BCUT2D eigenvalue weighted by Gasteiger charge is -2.22. The first-order chi connectivity index (χ1) is 12.7. The Morgan fingerprint density at radius 3 is 2.30 bits per heavy atom. The molecule has 2 aromatic rings. The maximum absolute atomic E-state index is 12.7. The van der Waals surface area contributed by atoms with E-state index in [0.29, 0.717) is 23.1 Å². The summed E-state index contributed by atoms with van der Waals surface area (Å²) in [5.74, 6) is -1.06. The molecule has 8 heteroatoms. The van der Waals surface area contributed by atoms with Gasteiger partial charge in [0.15, 0.2) is 0 Å². The Hall–Kier alpha value is -2.87. The van der Waals surface area contributed by atoms with Crippen molar-refractivity contribution in [2.75, 3.05) is 13.1 Å². The minimum atomic E-state index is -4.47. The van der Waals surface area contributed by atoms with Crippen LogP contribution in [0.2, 0.25) is 0 Å². The van der Waals surface area contributed by atoms with Crippen LogP contribution in [-0.2, 0) is 12.6 Å². The van der Waals surface area contributed by atoms with Crippen LogP contribution in [0.5, 0.6) is 0 Å². The summed E-state index contributed by atoms with van der Waals surface area (Å²) in [7, 11) is 0. The smallest absolute Gasteiger partial charge is 0.387 e. The van der Waals surface area contributed by atoms with Crippen LogP contribution in [0.4, 0.5) is 13.2 Å². The molecule has 142 valence electrons. The van der Waals surface area contributed by atoms with Crippen molar-refractivity contribution >= 4 is 11.8 Å². The van der Waals surface area contributed by atoms with Crippen LogP contribution < -0.4 is 5.73 Å². The number of β-amino-alcohol motifs (C(OH)–C–C–N with tert-alkyl or cyclic N) is 1. The Labute approximate surface area is 153 Å². The summed E-state index contributed by atoms with van der Waals surface area (Å²) in [6, 6.07) is 8.67. The van der Waals surface area contributed by atoms with Crippen molar-refractivity contribution in [3.8, 4) is 0 Å².